The molecule has 1 N–H and O–H groups in total. The van der Waals surface area contributed by atoms with Gasteiger partial charge in [0.1, 0.15) is 17.3 Å². The minimum Gasteiger partial charge on any atom is -0.380 e. The number of hydrogen-bond donors (Lipinski definition) is 1. The zero-order valence-corrected chi connectivity index (χ0v) is 12.1. The summed E-state index contributed by atoms with van der Waals surface area (Å²) in [5.74, 6) is 0. The van der Waals surface area contributed by atoms with E-state index < -0.39 is 0 Å². The van der Waals surface area contributed by atoms with E-state index in [1.807, 2.05) is 37.3 Å². The van der Waals surface area contributed by atoms with E-state index in [0.29, 0.717) is 6.54 Å². The molecule has 3 rings (SSSR count). The quantitative estimate of drug-likeness (QED) is 0.800. The third-order valence-corrected chi connectivity index (χ3v) is 4.03. The molecule has 21 heavy (non-hydrogen) atoms. The van der Waals surface area contributed by atoms with Crippen molar-refractivity contribution in [2.75, 3.05) is 5.32 Å². The lowest BCUT2D eigenvalue weighted by atomic mass is 10.2. The zero-order valence-electron chi connectivity index (χ0n) is 11.3. The molecule has 3 aromatic rings. The van der Waals surface area contributed by atoms with Crippen LogP contribution < -0.4 is 5.32 Å². The van der Waals surface area contributed by atoms with Gasteiger partial charge in [0.15, 0.2) is 0 Å². The van der Waals surface area contributed by atoms with Gasteiger partial charge in [0, 0.05) is 17.1 Å². The highest BCUT2D eigenvalue weighted by Crippen LogP contribution is 2.21. The van der Waals surface area contributed by atoms with E-state index in [1.165, 1.54) is 11.3 Å². The molecular weight excluding hydrogens is 284 g/mol. The fourth-order valence-electron chi connectivity index (χ4n) is 1.96. The summed E-state index contributed by atoms with van der Waals surface area (Å²) in [4.78, 5) is 1.85. The number of nitrogens with zero attached hydrogens (tertiary/aromatic N) is 5. The SMILES string of the molecule is Cc1ccc(NCc2ccc(C#N)s2)cc1-n1cnnn1. The summed E-state index contributed by atoms with van der Waals surface area (Å²) in [6, 6.07) is 12.0. The van der Waals surface area contributed by atoms with Crippen molar-refractivity contribution in [3.8, 4) is 11.8 Å². The Balaban J connectivity index is 1.77. The molecule has 0 aliphatic carbocycles. The number of aryl methyl sites for hydroxylation is 1. The Bertz CT molecular complexity index is 784. The average Bonchev–Trinajstić information content (AvgIpc) is 3.18. The second-order valence-electron chi connectivity index (χ2n) is 4.49. The van der Waals surface area contributed by atoms with Crippen LogP contribution in [0.5, 0.6) is 0 Å². The normalized spacial score (nSPS) is 10.3. The second kappa shape index (κ2) is 5.73. The average molecular weight is 296 g/mol. The first-order valence-corrected chi connectivity index (χ1v) is 7.14. The van der Waals surface area contributed by atoms with Gasteiger partial charge < -0.3 is 5.32 Å². The molecule has 6 nitrogen and oxygen atoms in total. The number of aromatic nitrogens is 4. The Morgan fingerprint density at radius 3 is 2.95 bits per heavy atom. The molecule has 0 bridgehead atoms. The fourth-order valence-corrected chi connectivity index (χ4v) is 2.70. The van der Waals surface area contributed by atoms with Crippen molar-refractivity contribution >= 4 is 17.0 Å². The molecule has 0 saturated heterocycles. The smallest absolute Gasteiger partial charge is 0.143 e. The van der Waals surface area contributed by atoms with E-state index in [2.05, 4.69) is 26.9 Å². The number of tetrazole rings is 1. The van der Waals surface area contributed by atoms with Gasteiger partial charge in [-0.25, -0.2) is 4.68 Å². The number of anilines is 1. The third kappa shape index (κ3) is 2.90. The maximum atomic E-state index is 8.83. The van der Waals surface area contributed by atoms with E-state index in [0.717, 1.165) is 26.7 Å². The van der Waals surface area contributed by atoms with Crippen LogP contribution in [0, 0.1) is 18.3 Å². The van der Waals surface area contributed by atoms with E-state index in [-0.39, 0.29) is 0 Å². The molecule has 7 heteroatoms. The Hall–Kier alpha value is -2.72. The van der Waals surface area contributed by atoms with Crippen molar-refractivity contribution in [2.45, 2.75) is 13.5 Å². The monoisotopic (exact) mass is 296 g/mol. The van der Waals surface area contributed by atoms with Crippen LogP contribution >= 0.6 is 11.3 Å². The van der Waals surface area contributed by atoms with Gasteiger partial charge in [0.05, 0.1) is 5.69 Å². The largest absolute Gasteiger partial charge is 0.380 e. The van der Waals surface area contributed by atoms with Gasteiger partial charge in [-0.15, -0.1) is 16.4 Å². The van der Waals surface area contributed by atoms with Gasteiger partial charge >= 0.3 is 0 Å². The van der Waals surface area contributed by atoms with Crippen LogP contribution in [0.1, 0.15) is 15.3 Å². The number of rotatable bonds is 4. The van der Waals surface area contributed by atoms with E-state index >= 15 is 0 Å². The highest BCUT2D eigenvalue weighted by atomic mass is 32.1. The first-order valence-electron chi connectivity index (χ1n) is 6.33. The Morgan fingerprint density at radius 2 is 2.24 bits per heavy atom. The molecule has 2 heterocycles. The summed E-state index contributed by atoms with van der Waals surface area (Å²) in [5, 5.41) is 23.4. The summed E-state index contributed by atoms with van der Waals surface area (Å²) < 4.78 is 1.64. The highest BCUT2D eigenvalue weighted by molar-refractivity contribution is 7.12. The molecule has 0 aliphatic rings. The lowest BCUT2D eigenvalue weighted by molar-refractivity contribution is 0.785. The van der Waals surface area contributed by atoms with Gasteiger partial charge in [0.25, 0.3) is 0 Å². The molecule has 0 fully saturated rings. The summed E-state index contributed by atoms with van der Waals surface area (Å²) in [7, 11) is 0. The molecule has 1 aromatic carbocycles. The van der Waals surface area contributed by atoms with Crippen LogP contribution in [0.4, 0.5) is 5.69 Å². The summed E-state index contributed by atoms with van der Waals surface area (Å²) >= 11 is 1.50. The Labute approximate surface area is 125 Å². The van der Waals surface area contributed by atoms with Crippen molar-refractivity contribution in [1.29, 1.82) is 5.26 Å². The third-order valence-electron chi connectivity index (χ3n) is 3.04. The maximum Gasteiger partial charge on any atom is 0.143 e. The predicted octanol–water partition coefficient (Wildman–Crippen LogP) is 2.52. The van der Waals surface area contributed by atoms with E-state index in [9.17, 15) is 0 Å². The van der Waals surface area contributed by atoms with Gasteiger partial charge in [-0.3, -0.25) is 0 Å². The van der Waals surface area contributed by atoms with Crippen molar-refractivity contribution < 1.29 is 0 Å². The second-order valence-corrected chi connectivity index (χ2v) is 5.66. The molecule has 0 spiro atoms. The minimum absolute atomic E-state index is 0.685. The summed E-state index contributed by atoms with van der Waals surface area (Å²) in [5.41, 5.74) is 3.02. The van der Waals surface area contributed by atoms with Crippen LogP contribution in [0.15, 0.2) is 36.7 Å². The molecular formula is C14H12N6S. The zero-order chi connectivity index (χ0) is 14.7. The number of nitriles is 1. The number of benzene rings is 1. The Kier molecular flexibility index (Phi) is 3.62. The molecule has 2 aromatic heterocycles. The van der Waals surface area contributed by atoms with Crippen LogP contribution in [-0.4, -0.2) is 20.2 Å². The van der Waals surface area contributed by atoms with Crippen LogP contribution in [0.25, 0.3) is 5.69 Å². The van der Waals surface area contributed by atoms with Crippen molar-refractivity contribution in [3.63, 3.8) is 0 Å². The first kappa shape index (κ1) is 13.3. The van der Waals surface area contributed by atoms with E-state index in [1.54, 1.807) is 11.0 Å². The number of nitrogens with one attached hydrogen (secondary N) is 1. The standard InChI is InChI=1S/C14H12N6S/c1-10-2-3-11(6-14(10)20-9-17-18-19-20)16-8-13-5-4-12(7-15)21-13/h2-6,9,16H,8H2,1H3. The number of hydrogen-bond acceptors (Lipinski definition) is 6. The molecule has 0 amide bonds. The van der Waals surface area contributed by atoms with Gasteiger partial charge in [0.2, 0.25) is 0 Å². The van der Waals surface area contributed by atoms with Crippen molar-refractivity contribution in [2.24, 2.45) is 0 Å². The van der Waals surface area contributed by atoms with Gasteiger partial charge in [-0.1, -0.05) is 6.07 Å². The molecule has 0 saturated carbocycles. The molecule has 0 aliphatic heterocycles. The predicted molar refractivity (Wildman–Crippen MR) is 80.3 cm³/mol. The first-order chi connectivity index (χ1) is 10.3. The topological polar surface area (TPSA) is 79.4 Å². The van der Waals surface area contributed by atoms with Crippen molar-refractivity contribution in [1.82, 2.24) is 20.2 Å². The summed E-state index contributed by atoms with van der Waals surface area (Å²) in [6.07, 6.45) is 1.57. The molecule has 0 radical (unpaired) electrons. The van der Waals surface area contributed by atoms with Crippen LogP contribution in [0.3, 0.4) is 0 Å². The Morgan fingerprint density at radius 1 is 1.33 bits per heavy atom. The molecule has 0 unspecified atom stereocenters. The summed E-state index contributed by atoms with van der Waals surface area (Å²) in [6.45, 7) is 2.70. The number of thiophene rings is 1. The van der Waals surface area contributed by atoms with Crippen molar-refractivity contribution in [3.05, 3.63) is 52.0 Å². The molecule has 0 atom stereocenters. The fraction of sp³-hybridized carbons (Fsp3) is 0.143. The van der Waals surface area contributed by atoms with E-state index in [4.69, 9.17) is 5.26 Å². The van der Waals surface area contributed by atoms with Gasteiger partial charge in [-0.2, -0.15) is 5.26 Å². The van der Waals surface area contributed by atoms with Gasteiger partial charge in [-0.05, 0) is 47.2 Å². The lowest BCUT2D eigenvalue weighted by Crippen LogP contribution is -2.02. The maximum absolute atomic E-state index is 8.83. The highest BCUT2D eigenvalue weighted by Gasteiger charge is 2.05. The lowest BCUT2D eigenvalue weighted by Gasteiger charge is -2.09. The van der Waals surface area contributed by atoms with Crippen LogP contribution in [-0.2, 0) is 6.54 Å². The minimum atomic E-state index is 0.685. The van der Waals surface area contributed by atoms with Crippen LogP contribution in [0.2, 0.25) is 0 Å². The molecule has 104 valence electrons.